The standard InChI is InChI=1S/C12H14N2O3S.CH3NOS/c1-2-8-13-12(18)17-11(9-14(15)16)10-6-4-3-5-7-10;2-1(3)4/h3-7,9H,2,8H2,1H3,(H,13,18);(H3,2,3,4). The van der Waals surface area contributed by atoms with Crippen LogP contribution < -0.4 is 11.1 Å². The van der Waals surface area contributed by atoms with E-state index in [4.69, 9.17) is 22.1 Å². The quantitative estimate of drug-likeness (QED) is 0.323. The summed E-state index contributed by atoms with van der Waals surface area (Å²) in [5, 5.41) is 20.6. The fourth-order valence-corrected chi connectivity index (χ4v) is 1.41. The zero-order valence-electron chi connectivity index (χ0n) is 11.9. The molecular weight excluding hydrogens is 326 g/mol. The number of nitro groups is 1. The number of nitrogens with zero attached hydrogens (tertiary/aromatic N) is 1. The summed E-state index contributed by atoms with van der Waals surface area (Å²) in [6.07, 6.45) is 1.69. The van der Waals surface area contributed by atoms with Crippen LogP contribution in [-0.2, 0) is 4.74 Å². The van der Waals surface area contributed by atoms with Gasteiger partial charge in [-0.05, 0) is 30.9 Å². The molecule has 9 heteroatoms. The second-order valence-electron chi connectivity index (χ2n) is 3.80. The monoisotopic (exact) mass is 343 g/mol. The lowest BCUT2D eigenvalue weighted by Gasteiger charge is -2.10. The van der Waals surface area contributed by atoms with Gasteiger partial charge in [0.25, 0.3) is 16.5 Å². The number of rotatable bonds is 5. The van der Waals surface area contributed by atoms with Gasteiger partial charge in [0, 0.05) is 12.1 Å². The molecule has 0 amide bonds. The smallest absolute Gasteiger partial charge is 0.277 e. The van der Waals surface area contributed by atoms with Gasteiger partial charge >= 0.3 is 0 Å². The van der Waals surface area contributed by atoms with Crippen LogP contribution in [0.1, 0.15) is 18.9 Å². The molecule has 120 valence electrons. The summed E-state index contributed by atoms with van der Waals surface area (Å²) in [4.78, 5) is 10.00. The van der Waals surface area contributed by atoms with Crippen molar-refractivity contribution in [3.05, 3.63) is 52.2 Å². The van der Waals surface area contributed by atoms with Gasteiger partial charge in [-0.1, -0.05) is 37.3 Å². The Hall–Kier alpha value is -2.26. The molecule has 0 bridgehead atoms. The van der Waals surface area contributed by atoms with E-state index in [1.807, 2.05) is 13.0 Å². The van der Waals surface area contributed by atoms with Crippen molar-refractivity contribution in [3.63, 3.8) is 0 Å². The Morgan fingerprint density at radius 1 is 1.45 bits per heavy atom. The predicted molar refractivity (Wildman–Crippen MR) is 92.8 cm³/mol. The highest BCUT2D eigenvalue weighted by Gasteiger charge is 2.10. The van der Waals surface area contributed by atoms with Crippen molar-refractivity contribution in [2.45, 2.75) is 13.3 Å². The lowest BCUT2D eigenvalue weighted by Crippen LogP contribution is -2.24. The van der Waals surface area contributed by atoms with Crippen molar-refractivity contribution in [2.24, 2.45) is 5.73 Å². The largest absolute Gasteiger partial charge is 0.487 e. The minimum absolute atomic E-state index is 0.120. The number of ether oxygens (including phenoxy) is 1. The molecule has 0 aromatic heterocycles. The third-order valence-corrected chi connectivity index (χ3v) is 2.23. The molecule has 0 fully saturated rings. The molecule has 22 heavy (non-hydrogen) atoms. The fraction of sp³-hybridized carbons (Fsp3) is 0.231. The lowest BCUT2D eigenvalue weighted by atomic mass is 10.2. The molecule has 1 aromatic carbocycles. The molecule has 0 saturated carbocycles. The van der Waals surface area contributed by atoms with Crippen molar-refractivity contribution in [3.8, 4) is 0 Å². The van der Waals surface area contributed by atoms with Crippen molar-refractivity contribution in [1.29, 1.82) is 0 Å². The van der Waals surface area contributed by atoms with E-state index in [2.05, 4.69) is 23.3 Å². The van der Waals surface area contributed by atoms with E-state index >= 15 is 0 Å². The maximum Gasteiger partial charge on any atom is 0.277 e. The van der Waals surface area contributed by atoms with E-state index in [1.165, 1.54) is 0 Å². The second kappa shape index (κ2) is 11.4. The van der Waals surface area contributed by atoms with Crippen LogP contribution in [0.2, 0.25) is 0 Å². The third kappa shape index (κ3) is 10.5. The Morgan fingerprint density at radius 3 is 2.45 bits per heavy atom. The molecule has 0 atom stereocenters. The van der Waals surface area contributed by atoms with Crippen LogP contribution >= 0.6 is 24.4 Å². The summed E-state index contributed by atoms with van der Waals surface area (Å²) in [5.41, 5.74) is 5.00. The van der Waals surface area contributed by atoms with E-state index in [-0.39, 0.29) is 10.9 Å². The maximum atomic E-state index is 10.6. The van der Waals surface area contributed by atoms with E-state index in [1.54, 1.807) is 24.3 Å². The van der Waals surface area contributed by atoms with Crippen molar-refractivity contribution in [1.82, 2.24) is 5.32 Å². The van der Waals surface area contributed by atoms with Gasteiger partial charge in [-0.3, -0.25) is 10.1 Å². The fourth-order valence-electron chi connectivity index (χ4n) is 1.22. The van der Waals surface area contributed by atoms with Gasteiger partial charge in [0.15, 0.2) is 0 Å². The van der Waals surface area contributed by atoms with Crippen LogP contribution in [-0.4, -0.2) is 26.9 Å². The zero-order valence-corrected chi connectivity index (χ0v) is 13.5. The molecule has 0 spiro atoms. The first-order valence-electron chi connectivity index (χ1n) is 6.21. The van der Waals surface area contributed by atoms with Gasteiger partial charge in [-0.25, -0.2) is 0 Å². The SMILES string of the molecule is CCCNC(=S)OC(=C[N+](=O)[O-])c1ccccc1.NC(O)=S. The first-order chi connectivity index (χ1) is 10.4. The number of hydrogen-bond donors (Lipinski definition) is 3. The summed E-state index contributed by atoms with van der Waals surface area (Å²) in [5.74, 6) is 0.120. The molecule has 0 saturated heterocycles. The first-order valence-corrected chi connectivity index (χ1v) is 7.03. The average Bonchev–Trinajstić information content (AvgIpc) is 2.44. The Bertz CT molecular complexity index is 531. The van der Waals surface area contributed by atoms with Crippen molar-refractivity contribution in [2.75, 3.05) is 6.54 Å². The highest BCUT2D eigenvalue weighted by Crippen LogP contribution is 2.15. The van der Waals surface area contributed by atoms with Crippen LogP contribution in [0, 0.1) is 10.1 Å². The summed E-state index contributed by atoms with van der Waals surface area (Å²) < 4.78 is 5.29. The molecule has 0 aliphatic heterocycles. The Morgan fingerprint density at radius 2 is 2.00 bits per heavy atom. The van der Waals surface area contributed by atoms with Crippen LogP contribution in [0.15, 0.2) is 36.5 Å². The van der Waals surface area contributed by atoms with Crippen LogP contribution in [0.4, 0.5) is 0 Å². The maximum absolute atomic E-state index is 10.6. The second-order valence-corrected chi connectivity index (χ2v) is 4.59. The first kappa shape index (κ1) is 19.7. The summed E-state index contributed by atoms with van der Waals surface area (Å²) in [6.45, 7) is 2.65. The third-order valence-electron chi connectivity index (χ3n) is 2.00. The normalized spacial score (nSPS) is 9.95. The van der Waals surface area contributed by atoms with Gasteiger partial charge in [-0.2, -0.15) is 0 Å². The molecule has 0 aliphatic carbocycles. The predicted octanol–water partition coefficient (Wildman–Crippen LogP) is 2.35. The van der Waals surface area contributed by atoms with Crippen LogP contribution in [0.25, 0.3) is 5.76 Å². The lowest BCUT2D eigenvalue weighted by molar-refractivity contribution is -0.402. The van der Waals surface area contributed by atoms with E-state index in [0.717, 1.165) is 12.6 Å². The van der Waals surface area contributed by atoms with Crippen LogP contribution in [0.5, 0.6) is 0 Å². The van der Waals surface area contributed by atoms with Crippen LogP contribution in [0.3, 0.4) is 0 Å². The summed E-state index contributed by atoms with van der Waals surface area (Å²) in [6, 6.07) is 8.81. The molecular formula is C13H17N3O4S2. The topological polar surface area (TPSA) is 111 Å². The number of aliphatic hydroxyl groups is 1. The van der Waals surface area contributed by atoms with Gasteiger partial charge < -0.3 is 20.9 Å². The van der Waals surface area contributed by atoms with Gasteiger partial charge in [0.05, 0.1) is 4.92 Å². The van der Waals surface area contributed by atoms with Crippen molar-refractivity contribution < 1.29 is 14.8 Å². The van der Waals surface area contributed by atoms with Gasteiger partial charge in [0.2, 0.25) is 5.76 Å². The molecule has 0 unspecified atom stereocenters. The number of thiocarbonyl (C=S) groups is 2. The minimum atomic E-state index is -0.565. The Balaban J connectivity index is 0.000000980. The molecule has 7 nitrogen and oxygen atoms in total. The van der Waals surface area contributed by atoms with Crippen molar-refractivity contribution >= 4 is 40.5 Å². The highest BCUT2D eigenvalue weighted by atomic mass is 32.1. The van der Waals surface area contributed by atoms with E-state index < -0.39 is 10.1 Å². The minimum Gasteiger partial charge on any atom is -0.487 e. The van der Waals surface area contributed by atoms with Gasteiger partial charge in [-0.15, -0.1) is 0 Å². The summed E-state index contributed by atoms with van der Waals surface area (Å²) in [7, 11) is 0. The molecule has 0 aliphatic rings. The molecule has 1 rings (SSSR count). The zero-order chi connectivity index (χ0) is 17.0. The summed E-state index contributed by atoms with van der Waals surface area (Å²) >= 11 is 8.82. The number of hydrogen-bond acceptors (Lipinski definition) is 5. The molecule has 0 heterocycles. The van der Waals surface area contributed by atoms with Gasteiger partial charge in [0.1, 0.15) is 0 Å². The average molecular weight is 343 g/mol. The van der Waals surface area contributed by atoms with E-state index in [9.17, 15) is 10.1 Å². The Labute approximate surface area is 138 Å². The van der Waals surface area contributed by atoms with E-state index in [0.29, 0.717) is 12.1 Å². The number of nitrogens with one attached hydrogen (secondary N) is 1. The Kier molecular flexibility index (Phi) is 10.2. The number of aliphatic hydroxyl groups excluding tert-OH is 1. The molecule has 1 aromatic rings. The molecule has 4 N–H and O–H groups in total. The highest BCUT2D eigenvalue weighted by molar-refractivity contribution is 7.80. The molecule has 0 radical (unpaired) electrons. The number of benzene rings is 1. The number of nitrogens with two attached hydrogens (primary N) is 1.